The van der Waals surface area contributed by atoms with Crippen molar-refractivity contribution >= 4 is 37.7 Å². The molecule has 0 fully saturated rings. The second-order valence-electron chi connectivity index (χ2n) is 9.26. The summed E-state index contributed by atoms with van der Waals surface area (Å²) in [5.41, 5.74) is 8.32. The fraction of sp³-hybridized carbons (Fsp3) is 0. The van der Waals surface area contributed by atoms with Crippen molar-refractivity contribution in [2.45, 2.75) is 0 Å². The Morgan fingerprint density at radius 1 is 0.474 bits per heavy atom. The first-order valence-corrected chi connectivity index (χ1v) is 13.3. The minimum atomic E-state index is 0.709. The summed E-state index contributed by atoms with van der Waals surface area (Å²) in [6, 6.07) is 46.3. The quantitative estimate of drug-likeness (QED) is 0.218. The lowest BCUT2D eigenvalue weighted by Crippen LogP contribution is -1.97. The third-order valence-electron chi connectivity index (χ3n) is 6.86. The van der Waals surface area contributed by atoms with E-state index in [1.807, 2.05) is 30.3 Å². The fourth-order valence-electron chi connectivity index (χ4n) is 5.11. The molecule has 7 rings (SSSR count). The van der Waals surface area contributed by atoms with Gasteiger partial charge >= 0.3 is 0 Å². The first-order valence-electron chi connectivity index (χ1n) is 12.5. The van der Waals surface area contributed by atoms with Crippen molar-refractivity contribution in [1.29, 1.82) is 0 Å². The average molecular weight is 552 g/mol. The first kappa shape index (κ1) is 22.6. The highest BCUT2D eigenvalue weighted by atomic mass is 79.9. The topological polar surface area (TPSA) is 30.7 Å². The van der Waals surface area contributed by atoms with Crippen molar-refractivity contribution in [3.63, 3.8) is 0 Å². The molecule has 5 aromatic carbocycles. The lowest BCUT2D eigenvalue weighted by molar-refractivity contribution is 1.16. The summed E-state index contributed by atoms with van der Waals surface area (Å²) >= 11 is 3.61. The van der Waals surface area contributed by atoms with Gasteiger partial charge in [-0.1, -0.05) is 107 Å². The summed E-state index contributed by atoms with van der Waals surface area (Å²) in [5.74, 6) is 0.709. The highest BCUT2D eigenvalue weighted by molar-refractivity contribution is 9.10. The van der Waals surface area contributed by atoms with Crippen molar-refractivity contribution in [2.24, 2.45) is 0 Å². The average Bonchev–Trinajstić information content (AvgIpc) is 3.32. The Bertz CT molecular complexity index is 1890. The zero-order chi connectivity index (χ0) is 25.5. The van der Waals surface area contributed by atoms with Gasteiger partial charge in [0.25, 0.3) is 0 Å². The van der Waals surface area contributed by atoms with Gasteiger partial charge in [0.05, 0.1) is 22.4 Å². The number of aromatic nitrogens is 3. The molecule has 0 atom stereocenters. The van der Waals surface area contributed by atoms with Crippen LogP contribution in [0, 0.1) is 0 Å². The third kappa shape index (κ3) is 4.00. The van der Waals surface area contributed by atoms with E-state index in [1.165, 1.54) is 21.8 Å². The lowest BCUT2D eigenvalue weighted by atomic mass is 10.1. The molecule has 4 heteroatoms. The molecule has 0 amide bonds. The van der Waals surface area contributed by atoms with Gasteiger partial charge in [0.1, 0.15) is 0 Å². The summed E-state index contributed by atoms with van der Waals surface area (Å²) in [7, 11) is 0. The second kappa shape index (κ2) is 9.40. The Morgan fingerprint density at radius 3 is 1.68 bits per heavy atom. The van der Waals surface area contributed by atoms with Gasteiger partial charge in [-0.15, -0.1) is 0 Å². The minimum Gasteiger partial charge on any atom is -0.309 e. The highest BCUT2D eigenvalue weighted by Gasteiger charge is 2.14. The molecule has 7 aromatic rings. The predicted molar refractivity (Wildman–Crippen MR) is 160 cm³/mol. The van der Waals surface area contributed by atoms with Crippen LogP contribution in [-0.2, 0) is 0 Å². The van der Waals surface area contributed by atoms with Crippen LogP contribution < -0.4 is 0 Å². The van der Waals surface area contributed by atoms with Crippen LogP contribution in [0.3, 0.4) is 0 Å². The molecule has 0 N–H and O–H groups in total. The van der Waals surface area contributed by atoms with E-state index in [-0.39, 0.29) is 0 Å². The van der Waals surface area contributed by atoms with E-state index >= 15 is 0 Å². The Labute approximate surface area is 229 Å². The molecule has 2 heterocycles. The van der Waals surface area contributed by atoms with Gasteiger partial charge in [0.2, 0.25) is 0 Å². The van der Waals surface area contributed by atoms with E-state index in [9.17, 15) is 0 Å². The number of halogens is 1. The number of benzene rings is 5. The summed E-state index contributed by atoms with van der Waals surface area (Å²) < 4.78 is 3.35. The molecule has 0 aliphatic carbocycles. The van der Waals surface area contributed by atoms with Crippen molar-refractivity contribution in [2.75, 3.05) is 0 Å². The van der Waals surface area contributed by atoms with Crippen molar-refractivity contribution < 1.29 is 0 Å². The number of hydrogen-bond donors (Lipinski definition) is 0. The molecule has 0 saturated carbocycles. The summed E-state index contributed by atoms with van der Waals surface area (Å²) in [4.78, 5) is 9.99. The fourth-order valence-corrected chi connectivity index (χ4v) is 5.51. The van der Waals surface area contributed by atoms with E-state index in [4.69, 9.17) is 9.97 Å². The summed E-state index contributed by atoms with van der Waals surface area (Å²) in [6.07, 6.45) is 0. The van der Waals surface area contributed by atoms with E-state index in [1.54, 1.807) is 0 Å². The van der Waals surface area contributed by atoms with Gasteiger partial charge in [-0.3, -0.25) is 0 Å². The minimum absolute atomic E-state index is 0.709. The standard InChI is InChI=1S/C34H22BrN3/c35-26-14-8-12-24(20-26)30-22-31(37-34(36-30)23-10-2-1-3-11-23)25-13-9-15-27(21-25)38-32-18-6-4-16-28(32)29-17-5-7-19-33(29)38/h1-22H. The van der Waals surface area contributed by atoms with Crippen LogP contribution in [0.15, 0.2) is 138 Å². The van der Waals surface area contributed by atoms with Gasteiger partial charge in [-0.2, -0.15) is 0 Å². The molecule has 0 unspecified atom stereocenters. The van der Waals surface area contributed by atoms with E-state index < -0.39 is 0 Å². The largest absolute Gasteiger partial charge is 0.309 e. The van der Waals surface area contributed by atoms with Gasteiger partial charge in [-0.05, 0) is 42.5 Å². The zero-order valence-electron chi connectivity index (χ0n) is 20.4. The van der Waals surface area contributed by atoms with Crippen LogP contribution >= 0.6 is 15.9 Å². The van der Waals surface area contributed by atoms with Gasteiger partial charge < -0.3 is 4.57 Å². The van der Waals surface area contributed by atoms with Crippen LogP contribution in [0.1, 0.15) is 0 Å². The molecular formula is C34H22BrN3. The van der Waals surface area contributed by atoms with Crippen molar-refractivity contribution in [3.8, 4) is 39.6 Å². The molecule has 0 saturated heterocycles. The van der Waals surface area contributed by atoms with Crippen molar-refractivity contribution in [3.05, 3.63) is 138 Å². The third-order valence-corrected chi connectivity index (χ3v) is 7.35. The highest BCUT2D eigenvalue weighted by Crippen LogP contribution is 2.34. The molecule has 2 aromatic heterocycles. The maximum atomic E-state index is 5.04. The normalized spacial score (nSPS) is 11.3. The molecule has 3 nitrogen and oxygen atoms in total. The lowest BCUT2D eigenvalue weighted by Gasteiger charge is -2.12. The van der Waals surface area contributed by atoms with Crippen LogP contribution in [0.2, 0.25) is 0 Å². The molecule has 0 aliphatic rings. The molecule has 0 spiro atoms. The SMILES string of the molecule is Brc1cccc(-c2cc(-c3cccc(-n4c5ccccc5c5ccccc54)c3)nc(-c3ccccc3)n2)c1. The van der Waals surface area contributed by atoms with Crippen LogP contribution in [0.4, 0.5) is 0 Å². The van der Waals surface area contributed by atoms with Gasteiger partial charge in [0, 0.05) is 37.6 Å². The van der Waals surface area contributed by atoms with Gasteiger partial charge in [0.15, 0.2) is 5.82 Å². The molecule has 0 bridgehead atoms. The Hall–Kier alpha value is -4.54. The summed E-state index contributed by atoms with van der Waals surface area (Å²) in [5, 5.41) is 2.50. The Morgan fingerprint density at radius 2 is 1.03 bits per heavy atom. The zero-order valence-corrected chi connectivity index (χ0v) is 22.0. The smallest absolute Gasteiger partial charge is 0.160 e. The van der Waals surface area contributed by atoms with E-state index in [0.29, 0.717) is 5.82 Å². The molecule has 0 aliphatic heterocycles. The molecule has 0 radical (unpaired) electrons. The van der Waals surface area contributed by atoms with Gasteiger partial charge in [-0.25, -0.2) is 9.97 Å². The number of rotatable bonds is 4. The van der Waals surface area contributed by atoms with Crippen molar-refractivity contribution in [1.82, 2.24) is 14.5 Å². The number of nitrogens with zero attached hydrogens (tertiary/aromatic N) is 3. The maximum Gasteiger partial charge on any atom is 0.160 e. The maximum absolute atomic E-state index is 5.04. The van der Waals surface area contributed by atoms with Crippen LogP contribution in [0.5, 0.6) is 0 Å². The number of hydrogen-bond acceptors (Lipinski definition) is 2. The molecular weight excluding hydrogens is 530 g/mol. The number of fused-ring (bicyclic) bond motifs is 3. The first-order chi connectivity index (χ1) is 18.7. The predicted octanol–water partition coefficient (Wildman–Crippen LogP) is 9.34. The molecule has 38 heavy (non-hydrogen) atoms. The monoisotopic (exact) mass is 551 g/mol. The van der Waals surface area contributed by atoms with E-state index in [2.05, 4.69) is 124 Å². The Balaban J connectivity index is 1.44. The van der Waals surface area contributed by atoms with E-state index in [0.717, 1.165) is 38.2 Å². The number of para-hydroxylation sites is 2. The second-order valence-corrected chi connectivity index (χ2v) is 10.2. The Kier molecular flexibility index (Phi) is 5.60. The van der Waals surface area contributed by atoms with Crippen LogP contribution in [0.25, 0.3) is 61.4 Å². The van der Waals surface area contributed by atoms with Crippen LogP contribution in [-0.4, -0.2) is 14.5 Å². The molecule has 180 valence electrons. The summed E-state index contributed by atoms with van der Waals surface area (Å²) in [6.45, 7) is 0.